The minimum absolute atomic E-state index is 0.332. The number of pyridine rings is 1. The van der Waals surface area contributed by atoms with Crippen molar-refractivity contribution in [1.29, 1.82) is 0 Å². The van der Waals surface area contributed by atoms with E-state index in [0.29, 0.717) is 13.1 Å². The average molecular weight is 344 g/mol. The zero-order chi connectivity index (χ0) is 13.9. The molecule has 0 saturated heterocycles. The number of hydrogen-bond acceptors (Lipinski definition) is 4. The highest BCUT2D eigenvalue weighted by Crippen LogP contribution is 2.19. The Labute approximate surface area is 120 Å². The fraction of sp³-hybridized carbons (Fsp3) is 0.250. The number of anilines is 1. The summed E-state index contributed by atoms with van der Waals surface area (Å²) in [6.45, 7) is 0.820. The Balaban J connectivity index is 2.00. The lowest BCUT2D eigenvalue weighted by molar-refractivity contribution is 0.589. The molecule has 1 aromatic carbocycles. The van der Waals surface area contributed by atoms with Crippen LogP contribution in [0.3, 0.4) is 0 Å². The Bertz CT molecular complexity index is 688. The Hall–Kier alpha value is -1.18. The molecule has 0 atom stereocenters. The fourth-order valence-corrected chi connectivity index (χ4v) is 2.47. The van der Waals surface area contributed by atoms with Gasteiger partial charge in [-0.15, -0.1) is 0 Å². The summed E-state index contributed by atoms with van der Waals surface area (Å²) in [5.74, 6) is 0.727. The third-order valence-corrected chi connectivity index (χ3v) is 3.67. The molecular formula is C12H14BrN3O2S. The van der Waals surface area contributed by atoms with Gasteiger partial charge in [-0.3, -0.25) is 0 Å². The van der Waals surface area contributed by atoms with Gasteiger partial charge in [-0.25, -0.2) is 18.1 Å². The van der Waals surface area contributed by atoms with Gasteiger partial charge in [0, 0.05) is 22.9 Å². The van der Waals surface area contributed by atoms with Crippen molar-refractivity contribution in [2.45, 2.75) is 0 Å². The summed E-state index contributed by atoms with van der Waals surface area (Å²) in [5.41, 5.74) is 0.893. The van der Waals surface area contributed by atoms with Gasteiger partial charge in [-0.05, 0) is 30.3 Å². The summed E-state index contributed by atoms with van der Waals surface area (Å²) in [6.07, 6.45) is 1.14. The highest BCUT2D eigenvalue weighted by atomic mass is 79.9. The number of halogens is 1. The fourth-order valence-electron chi connectivity index (χ4n) is 1.62. The number of nitrogens with zero attached hydrogens (tertiary/aromatic N) is 1. The molecule has 0 radical (unpaired) electrons. The summed E-state index contributed by atoms with van der Waals surface area (Å²) in [6, 6.07) is 9.70. The standard InChI is InChI=1S/C12H14BrN3O2S/c1-19(17,18)15-7-6-14-12-5-2-9-8-10(13)3-4-11(9)16-12/h2-5,8,15H,6-7H2,1H3,(H,14,16). The van der Waals surface area contributed by atoms with Gasteiger partial charge in [0.15, 0.2) is 0 Å². The molecule has 0 unspecified atom stereocenters. The first-order valence-corrected chi connectivity index (χ1v) is 8.37. The number of aromatic nitrogens is 1. The van der Waals surface area contributed by atoms with Crippen LogP contribution in [0.2, 0.25) is 0 Å². The maximum atomic E-state index is 10.9. The second-order valence-electron chi connectivity index (χ2n) is 4.13. The van der Waals surface area contributed by atoms with Crippen LogP contribution in [-0.4, -0.2) is 32.7 Å². The summed E-state index contributed by atoms with van der Waals surface area (Å²) < 4.78 is 25.2. The van der Waals surface area contributed by atoms with E-state index < -0.39 is 10.0 Å². The molecular weight excluding hydrogens is 330 g/mol. The highest BCUT2D eigenvalue weighted by Gasteiger charge is 2.01. The molecule has 0 aliphatic rings. The lowest BCUT2D eigenvalue weighted by Gasteiger charge is -2.07. The van der Waals surface area contributed by atoms with Crippen LogP contribution in [0.25, 0.3) is 10.9 Å². The van der Waals surface area contributed by atoms with Crippen molar-refractivity contribution < 1.29 is 8.42 Å². The van der Waals surface area contributed by atoms with E-state index in [1.807, 2.05) is 30.3 Å². The predicted molar refractivity (Wildman–Crippen MR) is 80.8 cm³/mol. The molecule has 0 aliphatic carbocycles. The van der Waals surface area contributed by atoms with Gasteiger partial charge < -0.3 is 5.32 Å². The minimum Gasteiger partial charge on any atom is -0.369 e. The molecule has 0 amide bonds. The van der Waals surface area contributed by atoms with Gasteiger partial charge in [-0.1, -0.05) is 15.9 Å². The van der Waals surface area contributed by atoms with Crippen LogP contribution in [0.1, 0.15) is 0 Å². The van der Waals surface area contributed by atoms with Crippen molar-refractivity contribution in [1.82, 2.24) is 9.71 Å². The molecule has 2 rings (SSSR count). The quantitative estimate of drug-likeness (QED) is 0.814. The predicted octanol–water partition coefficient (Wildman–Crippen LogP) is 1.96. The number of fused-ring (bicyclic) bond motifs is 1. The van der Waals surface area contributed by atoms with E-state index in [1.54, 1.807) is 0 Å². The SMILES string of the molecule is CS(=O)(=O)NCCNc1ccc2cc(Br)ccc2n1. The van der Waals surface area contributed by atoms with Gasteiger partial charge in [0.05, 0.1) is 11.8 Å². The lowest BCUT2D eigenvalue weighted by atomic mass is 10.2. The molecule has 5 nitrogen and oxygen atoms in total. The number of sulfonamides is 1. The first-order chi connectivity index (χ1) is 8.94. The van der Waals surface area contributed by atoms with Crippen molar-refractivity contribution >= 4 is 42.7 Å². The maximum absolute atomic E-state index is 10.9. The van der Waals surface area contributed by atoms with Gasteiger partial charge in [0.25, 0.3) is 0 Å². The molecule has 0 saturated carbocycles. The Morgan fingerprint density at radius 3 is 2.74 bits per heavy atom. The number of nitrogens with one attached hydrogen (secondary N) is 2. The molecule has 19 heavy (non-hydrogen) atoms. The third-order valence-electron chi connectivity index (χ3n) is 2.45. The molecule has 2 aromatic rings. The Morgan fingerprint density at radius 1 is 1.21 bits per heavy atom. The molecule has 2 N–H and O–H groups in total. The molecule has 102 valence electrons. The molecule has 1 aromatic heterocycles. The van der Waals surface area contributed by atoms with Crippen LogP contribution in [0, 0.1) is 0 Å². The zero-order valence-corrected chi connectivity index (χ0v) is 12.8. The topological polar surface area (TPSA) is 71.1 Å². The largest absolute Gasteiger partial charge is 0.369 e. The van der Waals surface area contributed by atoms with Crippen LogP contribution in [-0.2, 0) is 10.0 Å². The monoisotopic (exact) mass is 343 g/mol. The normalized spacial score (nSPS) is 11.7. The van der Waals surface area contributed by atoms with E-state index in [0.717, 1.165) is 27.4 Å². The second-order valence-corrected chi connectivity index (χ2v) is 6.88. The van der Waals surface area contributed by atoms with E-state index in [1.165, 1.54) is 0 Å². The Morgan fingerprint density at radius 2 is 2.00 bits per heavy atom. The lowest BCUT2D eigenvalue weighted by Crippen LogP contribution is -2.27. The summed E-state index contributed by atoms with van der Waals surface area (Å²) >= 11 is 3.41. The molecule has 0 spiro atoms. The first kappa shape index (κ1) is 14.2. The van der Waals surface area contributed by atoms with E-state index in [2.05, 4.69) is 31.0 Å². The molecule has 0 aliphatic heterocycles. The first-order valence-electron chi connectivity index (χ1n) is 5.69. The molecule has 0 fully saturated rings. The average Bonchev–Trinajstić information content (AvgIpc) is 2.33. The van der Waals surface area contributed by atoms with Gasteiger partial charge in [0.1, 0.15) is 5.82 Å². The van der Waals surface area contributed by atoms with E-state index in [4.69, 9.17) is 0 Å². The maximum Gasteiger partial charge on any atom is 0.208 e. The summed E-state index contributed by atoms with van der Waals surface area (Å²) in [5, 5.41) is 4.12. The van der Waals surface area contributed by atoms with Gasteiger partial charge in [0.2, 0.25) is 10.0 Å². The van der Waals surface area contributed by atoms with Crippen molar-refractivity contribution in [3.63, 3.8) is 0 Å². The van der Waals surface area contributed by atoms with E-state index >= 15 is 0 Å². The smallest absolute Gasteiger partial charge is 0.208 e. The second kappa shape index (κ2) is 5.85. The van der Waals surface area contributed by atoms with Crippen LogP contribution in [0.4, 0.5) is 5.82 Å². The van der Waals surface area contributed by atoms with Gasteiger partial charge in [-0.2, -0.15) is 0 Å². The molecule has 7 heteroatoms. The Kier molecular flexibility index (Phi) is 4.38. The van der Waals surface area contributed by atoms with Crippen molar-refractivity contribution in [3.8, 4) is 0 Å². The highest BCUT2D eigenvalue weighted by molar-refractivity contribution is 9.10. The molecule has 1 heterocycles. The van der Waals surface area contributed by atoms with Crippen molar-refractivity contribution in [2.75, 3.05) is 24.7 Å². The van der Waals surface area contributed by atoms with Crippen LogP contribution >= 0.6 is 15.9 Å². The number of hydrogen-bond donors (Lipinski definition) is 2. The minimum atomic E-state index is -3.13. The summed E-state index contributed by atoms with van der Waals surface area (Å²) in [7, 11) is -3.13. The van der Waals surface area contributed by atoms with Crippen molar-refractivity contribution in [3.05, 3.63) is 34.8 Å². The molecule has 0 bridgehead atoms. The van der Waals surface area contributed by atoms with Gasteiger partial charge >= 0.3 is 0 Å². The summed E-state index contributed by atoms with van der Waals surface area (Å²) in [4.78, 5) is 4.44. The number of rotatable bonds is 5. The number of benzene rings is 1. The van der Waals surface area contributed by atoms with Crippen LogP contribution < -0.4 is 10.0 Å². The van der Waals surface area contributed by atoms with Crippen LogP contribution in [0.15, 0.2) is 34.8 Å². The third kappa shape index (κ3) is 4.45. The van der Waals surface area contributed by atoms with Crippen LogP contribution in [0.5, 0.6) is 0 Å². The van der Waals surface area contributed by atoms with E-state index in [-0.39, 0.29) is 0 Å². The zero-order valence-electron chi connectivity index (χ0n) is 10.4. The van der Waals surface area contributed by atoms with E-state index in [9.17, 15) is 8.42 Å². The van der Waals surface area contributed by atoms with Crippen molar-refractivity contribution in [2.24, 2.45) is 0 Å².